The Morgan fingerprint density at radius 2 is 1.50 bits per heavy atom. The highest BCUT2D eigenvalue weighted by Crippen LogP contribution is 2.28. The maximum absolute atomic E-state index is 13.3. The van der Waals surface area contributed by atoms with Crippen LogP contribution >= 0.6 is 0 Å². The monoisotopic (exact) mass is 324 g/mol. The smallest absolute Gasteiger partial charge is 0.183 e. The third kappa shape index (κ3) is 3.68. The molecule has 128 valence electrons. The van der Waals surface area contributed by atoms with Crippen molar-refractivity contribution in [2.24, 2.45) is 0 Å². The highest BCUT2D eigenvalue weighted by molar-refractivity contribution is 6.03. The van der Waals surface area contributed by atoms with Gasteiger partial charge in [-0.15, -0.1) is 0 Å². The van der Waals surface area contributed by atoms with Crippen LogP contribution in [-0.2, 0) is 6.42 Å². The van der Waals surface area contributed by atoms with Crippen molar-refractivity contribution in [1.82, 2.24) is 4.90 Å². The van der Waals surface area contributed by atoms with Gasteiger partial charge in [0.05, 0.1) is 5.54 Å². The summed E-state index contributed by atoms with van der Waals surface area (Å²) < 4.78 is 0. The zero-order chi connectivity index (χ0) is 17.7. The molecule has 0 saturated heterocycles. The first kappa shape index (κ1) is 18.2. The molecule has 0 amide bonds. The first-order valence-corrected chi connectivity index (χ1v) is 8.44. The summed E-state index contributed by atoms with van der Waals surface area (Å²) in [6.45, 7) is 2.09. The predicted octanol–water partition coefficient (Wildman–Crippen LogP) is 3.89. The van der Waals surface area contributed by atoms with Crippen LogP contribution in [0, 0.1) is 0 Å². The maximum Gasteiger partial charge on any atom is 0.183 e. The van der Waals surface area contributed by atoms with Crippen LogP contribution in [0.5, 0.6) is 0 Å². The Labute approximate surface area is 145 Å². The lowest BCUT2D eigenvalue weighted by atomic mass is 9.80. The van der Waals surface area contributed by atoms with Crippen LogP contribution < -0.4 is 4.90 Å². The van der Waals surface area contributed by atoms with E-state index in [0.717, 1.165) is 12.0 Å². The number of ketones is 1. The van der Waals surface area contributed by atoms with Crippen LogP contribution in [0.1, 0.15) is 29.3 Å². The second kappa shape index (κ2) is 7.63. The van der Waals surface area contributed by atoms with E-state index in [4.69, 9.17) is 0 Å². The minimum Gasteiger partial charge on any atom is -0.378 e. The van der Waals surface area contributed by atoms with E-state index in [2.05, 4.69) is 41.0 Å². The number of likely N-dealkylation sites (N-methyl/N-ethyl adjacent to an activating group) is 1. The first-order valence-electron chi connectivity index (χ1n) is 8.44. The minimum absolute atomic E-state index is 0.187. The standard InChI is InChI=1S/C21H28N2O/c1-6-21(23(4)5,20(24)18-10-8-7-9-11-18)16-17-12-14-19(15-13-17)22(2)3/h7-15H,6,16H2,1-5H3. The largest absolute Gasteiger partial charge is 0.378 e. The van der Waals surface area contributed by atoms with Crippen LogP contribution in [0.2, 0.25) is 0 Å². The van der Waals surface area contributed by atoms with E-state index >= 15 is 0 Å². The van der Waals surface area contributed by atoms with Gasteiger partial charge in [-0.2, -0.15) is 0 Å². The van der Waals surface area contributed by atoms with E-state index in [1.807, 2.05) is 58.5 Å². The molecule has 0 aliphatic heterocycles. The summed E-state index contributed by atoms with van der Waals surface area (Å²) >= 11 is 0. The average molecular weight is 324 g/mol. The number of hydrogen-bond acceptors (Lipinski definition) is 3. The summed E-state index contributed by atoms with van der Waals surface area (Å²) in [7, 11) is 8.06. The fraction of sp³-hybridized carbons (Fsp3) is 0.381. The molecule has 0 aromatic heterocycles. The summed E-state index contributed by atoms with van der Waals surface area (Å²) in [5.41, 5.74) is 2.60. The van der Waals surface area contributed by atoms with Crippen molar-refractivity contribution in [3.05, 3.63) is 65.7 Å². The summed E-state index contributed by atoms with van der Waals surface area (Å²) in [5.74, 6) is 0.187. The predicted molar refractivity (Wildman–Crippen MR) is 102 cm³/mol. The molecule has 0 fully saturated rings. The number of anilines is 1. The molecule has 2 aromatic rings. The Hall–Kier alpha value is -2.13. The van der Waals surface area contributed by atoms with E-state index in [9.17, 15) is 4.79 Å². The highest BCUT2D eigenvalue weighted by Gasteiger charge is 2.39. The molecule has 0 aliphatic carbocycles. The molecule has 0 aliphatic rings. The van der Waals surface area contributed by atoms with E-state index in [-0.39, 0.29) is 5.78 Å². The van der Waals surface area contributed by atoms with Crippen LogP contribution in [0.4, 0.5) is 5.69 Å². The normalized spacial score (nSPS) is 13.6. The molecule has 3 heteroatoms. The van der Waals surface area contributed by atoms with Gasteiger partial charge in [0.25, 0.3) is 0 Å². The van der Waals surface area contributed by atoms with E-state index < -0.39 is 5.54 Å². The molecule has 0 spiro atoms. The Morgan fingerprint density at radius 3 is 1.96 bits per heavy atom. The van der Waals surface area contributed by atoms with Crippen LogP contribution in [0.15, 0.2) is 54.6 Å². The molecule has 0 saturated carbocycles. The molecular formula is C21H28N2O. The van der Waals surface area contributed by atoms with Crippen LogP contribution in [0.25, 0.3) is 0 Å². The van der Waals surface area contributed by atoms with Gasteiger partial charge in [0.1, 0.15) is 0 Å². The fourth-order valence-electron chi connectivity index (χ4n) is 3.15. The van der Waals surface area contributed by atoms with Crippen molar-refractivity contribution in [1.29, 1.82) is 0 Å². The number of carbonyl (C=O) groups is 1. The first-order chi connectivity index (χ1) is 11.4. The number of hydrogen-bond donors (Lipinski definition) is 0. The lowest BCUT2D eigenvalue weighted by molar-refractivity contribution is 0.0666. The molecule has 3 nitrogen and oxygen atoms in total. The van der Waals surface area contributed by atoms with E-state index in [1.54, 1.807) is 0 Å². The summed E-state index contributed by atoms with van der Waals surface area (Å²) in [4.78, 5) is 17.4. The van der Waals surface area contributed by atoms with Gasteiger partial charge in [-0.3, -0.25) is 9.69 Å². The molecule has 2 rings (SSSR count). The molecule has 0 bridgehead atoms. The van der Waals surface area contributed by atoms with Crippen molar-refractivity contribution in [3.8, 4) is 0 Å². The van der Waals surface area contributed by atoms with Gasteiger partial charge in [-0.25, -0.2) is 0 Å². The Balaban J connectivity index is 2.36. The number of rotatable bonds is 7. The molecule has 0 radical (unpaired) electrons. The molecule has 0 heterocycles. The van der Waals surface area contributed by atoms with Gasteiger partial charge in [0, 0.05) is 25.3 Å². The Bertz CT molecular complexity index is 662. The van der Waals surface area contributed by atoms with E-state index in [0.29, 0.717) is 6.42 Å². The molecule has 1 unspecified atom stereocenters. The average Bonchev–Trinajstić information content (AvgIpc) is 2.60. The lowest BCUT2D eigenvalue weighted by Crippen LogP contribution is -2.52. The molecular weight excluding hydrogens is 296 g/mol. The van der Waals surface area contributed by atoms with Crippen LogP contribution in [0.3, 0.4) is 0 Å². The van der Waals surface area contributed by atoms with Gasteiger partial charge in [0.2, 0.25) is 0 Å². The second-order valence-electron chi connectivity index (χ2n) is 6.71. The van der Waals surface area contributed by atoms with Crippen molar-refractivity contribution in [2.45, 2.75) is 25.3 Å². The minimum atomic E-state index is -0.527. The fourth-order valence-corrected chi connectivity index (χ4v) is 3.15. The summed E-state index contributed by atoms with van der Waals surface area (Å²) in [6, 6.07) is 18.1. The molecule has 1 atom stereocenters. The number of benzene rings is 2. The SMILES string of the molecule is CCC(Cc1ccc(N(C)C)cc1)(C(=O)c1ccccc1)N(C)C. The molecule has 2 aromatic carbocycles. The van der Waals surface area contributed by atoms with Crippen molar-refractivity contribution < 1.29 is 4.79 Å². The highest BCUT2D eigenvalue weighted by atomic mass is 16.1. The van der Waals surface area contributed by atoms with Gasteiger partial charge < -0.3 is 4.90 Å². The Morgan fingerprint density at radius 1 is 0.917 bits per heavy atom. The van der Waals surface area contributed by atoms with Gasteiger partial charge in [-0.05, 0) is 44.6 Å². The van der Waals surface area contributed by atoms with Gasteiger partial charge >= 0.3 is 0 Å². The van der Waals surface area contributed by atoms with Gasteiger partial charge in [0.15, 0.2) is 5.78 Å². The maximum atomic E-state index is 13.3. The van der Waals surface area contributed by atoms with Crippen molar-refractivity contribution in [2.75, 3.05) is 33.1 Å². The summed E-state index contributed by atoms with van der Waals surface area (Å²) in [6.07, 6.45) is 1.47. The van der Waals surface area contributed by atoms with Crippen LogP contribution in [-0.4, -0.2) is 44.4 Å². The topological polar surface area (TPSA) is 23.6 Å². The van der Waals surface area contributed by atoms with Gasteiger partial charge in [-0.1, -0.05) is 49.4 Å². The lowest BCUT2D eigenvalue weighted by Gasteiger charge is -2.38. The number of Topliss-reactive ketones (excluding diaryl/α,β-unsaturated/α-hetero) is 1. The molecule has 24 heavy (non-hydrogen) atoms. The summed E-state index contributed by atoms with van der Waals surface area (Å²) in [5, 5.41) is 0. The number of carbonyl (C=O) groups excluding carboxylic acids is 1. The quantitative estimate of drug-likeness (QED) is 0.722. The van der Waals surface area contributed by atoms with Crippen molar-refractivity contribution in [3.63, 3.8) is 0 Å². The third-order valence-corrected chi connectivity index (χ3v) is 4.85. The zero-order valence-corrected chi connectivity index (χ0v) is 15.4. The van der Waals surface area contributed by atoms with E-state index in [1.165, 1.54) is 11.3 Å². The molecule has 0 N–H and O–H groups in total. The Kier molecular flexibility index (Phi) is 5.79. The second-order valence-corrected chi connectivity index (χ2v) is 6.71. The third-order valence-electron chi connectivity index (χ3n) is 4.85. The zero-order valence-electron chi connectivity index (χ0n) is 15.4. The number of nitrogens with zero attached hydrogens (tertiary/aromatic N) is 2. The van der Waals surface area contributed by atoms with Crippen molar-refractivity contribution >= 4 is 11.5 Å².